The van der Waals surface area contributed by atoms with E-state index in [1.165, 1.54) is 0 Å². The SMILES string of the molecule is NC(=O)NCCCCC(=O)c1ccc(-c2ccccc2)cc1. The second-order valence-electron chi connectivity index (χ2n) is 5.11. The number of carbonyl (C=O) groups excluding carboxylic acids is 2. The second kappa shape index (κ2) is 7.98. The number of hydrogen-bond acceptors (Lipinski definition) is 2. The molecule has 114 valence electrons. The predicted molar refractivity (Wildman–Crippen MR) is 87.6 cm³/mol. The van der Waals surface area contributed by atoms with E-state index in [0.29, 0.717) is 13.0 Å². The van der Waals surface area contributed by atoms with Crippen LogP contribution in [-0.4, -0.2) is 18.4 Å². The summed E-state index contributed by atoms with van der Waals surface area (Å²) in [6.45, 7) is 0.509. The van der Waals surface area contributed by atoms with E-state index in [-0.39, 0.29) is 5.78 Å². The number of nitrogens with two attached hydrogens (primary N) is 1. The number of Topliss-reactive ketones (excluding diaryl/α,β-unsaturated/α-hetero) is 1. The van der Waals surface area contributed by atoms with Gasteiger partial charge in [0.1, 0.15) is 0 Å². The van der Waals surface area contributed by atoms with Crippen LogP contribution in [0.1, 0.15) is 29.6 Å². The lowest BCUT2D eigenvalue weighted by Crippen LogP contribution is -2.30. The molecule has 0 saturated carbocycles. The summed E-state index contributed by atoms with van der Waals surface area (Å²) in [4.78, 5) is 22.6. The molecule has 4 nitrogen and oxygen atoms in total. The van der Waals surface area contributed by atoms with Crippen molar-refractivity contribution >= 4 is 11.8 Å². The van der Waals surface area contributed by atoms with Crippen LogP contribution in [0.25, 0.3) is 11.1 Å². The van der Waals surface area contributed by atoms with E-state index >= 15 is 0 Å². The van der Waals surface area contributed by atoms with Crippen LogP contribution in [0.2, 0.25) is 0 Å². The molecular formula is C18H20N2O2. The van der Waals surface area contributed by atoms with Crippen LogP contribution in [0.15, 0.2) is 54.6 Å². The topological polar surface area (TPSA) is 72.2 Å². The monoisotopic (exact) mass is 296 g/mol. The summed E-state index contributed by atoms with van der Waals surface area (Å²) in [5.41, 5.74) is 7.93. The molecule has 0 aromatic heterocycles. The van der Waals surface area contributed by atoms with Gasteiger partial charge in [0.15, 0.2) is 5.78 Å². The number of benzene rings is 2. The minimum Gasteiger partial charge on any atom is -0.352 e. The van der Waals surface area contributed by atoms with Gasteiger partial charge in [-0.3, -0.25) is 4.79 Å². The van der Waals surface area contributed by atoms with E-state index in [1.807, 2.05) is 54.6 Å². The molecule has 0 atom stereocenters. The summed E-state index contributed by atoms with van der Waals surface area (Å²) in [5, 5.41) is 2.51. The number of ketones is 1. The molecule has 0 saturated heterocycles. The summed E-state index contributed by atoms with van der Waals surface area (Å²) in [6, 6.07) is 17.2. The Balaban J connectivity index is 1.85. The van der Waals surface area contributed by atoms with Gasteiger partial charge in [0.25, 0.3) is 0 Å². The van der Waals surface area contributed by atoms with Gasteiger partial charge < -0.3 is 11.1 Å². The van der Waals surface area contributed by atoms with Crippen molar-refractivity contribution in [3.05, 3.63) is 60.2 Å². The van der Waals surface area contributed by atoms with Crippen molar-refractivity contribution in [2.24, 2.45) is 5.73 Å². The highest BCUT2D eigenvalue weighted by Gasteiger charge is 2.06. The molecule has 22 heavy (non-hydrogen) atoms. The van der Waals surface area contributed by atoms with Crippen LogP contribution in [0, 0.1) is 0 Å². The Bertz CT molecular complexity index is 621. The fourth-order valence-electron chi connectivity index (χ4n) is 2.25. The van der Waals surface area contributed by atoms with Gasteiger partial charge in [-0.05, 0) is 24.0 Å². The summed E-state index contributed by atoms with van der Waals surface area (Å²) in [6.07, 6.45) is 1.96. The van der Waals surface area contributed by atoms with Crippen molar-refractivity contribution in [2.75, 3.05) is 6.54 Å². The standard InChI is InChI=1S/C18H20N2O2/c19-18(22)20-13-5-4-8-17(21)16-11-9-15(10-12-16)14-6-2-1-3-7-14/h1-3,6-7,9-12H,4-5,8,13H2,(H3,19,20,22). The van der Waals surface area contributed by atoms with Crippen molar-refractivity contribution < 1.29 is 9.59 Å². The second-order valence-corrected chi connectivity index (χ2v) is 5.11. The number of hydrogen-bond donors (Lipinski definition) is 2. The lowest BCUT2D eigenvalue weighted by molar-refractivity contribution is 0.0979. The van der Waals surface area contributed by atoms with Crippen molar-refractivity contribution in [1.82, 2.24) is 5.32 Å². The van der Waals surface area contributed by atoms with Gasteiger partial charge in [0.2, 0.25) is 0 Å². The summed E-state index contributed by atoms with van der Waals surface area (Å²) in [7, 11) is 0. The number of primary amides is 1. The molecule has 0 radical (unpaired) electrons. The van der Waals surface area contributed by atoms with E-state index < -0.39 is 6.03 Å². The normalized spacial score (nSPS) is 10.2. The molecule has 0 heterocycles. The van der Waals surface area contributed by atoms with E-state index in [2.05, 4.69) is 5.32 Å². The molecule has 0 bridgehead atoms. The van der Waals surface area contributed by atoms with Crippen LogP contribution < -0.4 is 11.1 Å². The van der Waals surface area contributed by atoms with Gasteiger partial charge in [-0.25, -0.2) is 4.79 Å². The molecule has 0 fully saturated rings. The van der Waals surface area contributed by atoms with Crippen LogP contribution in [0.4, 0.5) is 4.79 Å². The maximum absolute atomic E-state index is 12.1. The first-order valence-electron chi connectivity index (χ1n) is 7.39. The quantitative estimate of drug-likeness (QED) is 0.607. The Morgan fingerprint density at radius 2 is 1.50 bits per heavy atom. The number of rotatable bonds is 7. The average Bonchev–Trinajstić information content (AvgIpc) is 2.55. The third kappa shape index (κ3) is 4.74. The zero-order chi connectivity index (χ0) is 15.8. The molecule has 0 aliphatic heterocycles. The molecule has 2 aromatic carbocycles. The van der Waals surface area contributed by atoms with Gasteiger partial charge in [0, 0.05) is 18.5 Å². The Morgan fingerprint density at radius 3 is 2.14 bits per heavy atom. The van der Waals surface area contributed by atoms with E-state index in [9.17, 15) is 9.59 Å². The van der Waals surface area contributed by atoms with Crippen LogP contribution in [-0.2, 0) is 0 Å². The molecule has 0 unspecified atom stereocenters. The van der Waals surface area contributed by atoms with Crippen molar-refractivity contribution in [1.29, 1.82) is 0 Å². The molecule has 2 aromatic rings. The third-order valence-electron chi connectivity index (χ3n) is 3.44. The Hall–Kier alpha value is -2.62. The third-order valence-corrected chi connectivity index (χ3v) is 3.44. The highest BCUT2D eigenvalue weighted by Crippen LogP contribution is 2.20. The fourth-order valence-corrected chi connectivity index (χ4v) is 2.25. The molecule has 0 aliphatic rings. The molecule has 2 rings (SSSR count). The van der Waals surface area contributed by atoms with Gasteiger partial charge in [-0.1, -0.05) is 54.6 Å². The smallest absolute Gasteiger partial charge is 0.312 e. The molecule has 3 N–H and O–H groups in total. The van der Waals surface area contributed by atoms with E-state index in [0.717, 1.165) is 29.5 Å². The van der Waals surface area contributed by atoms with Gasteiger partial charge in [-0.2, -0.15) is 0 Å². The molecular weight excluding hydrogens is 276 g/mol. The summed E-state index contributed by atoms with van der Waals surface area (Å²) >= 11 is 0. The highest BCUT2D eigenvalue weighted by molar-refractivity contribution is 5.96. The van der Waals surface area contributed by atoms with Crippen LogP contribution in [0.5, 0.6) is 0 Å². The van der Waals surface area contributed by atoms with Crippen LogP contribution >= 0.6 is 0 Å². The Labute approximate surface area is 130 Å². The van der Waals surface area contributed by atoms with Crippen LogP contribution in [0.3, 0.4) is 0 Å². The summed E-state index contributed by atoms with van der Waals surface area (Å²) in [5.74, 6) is 0.124. The average molecular weight is 296 g/mol. The largest absolute Gasteiger partial charge is 0.352 e. The maximum Gasteiger partial charge on any atom is 0.312 e. The maximum atomic E-state index is 12.1. The Kier molecular flexibility index (Phi) is 5.72. The van der Waals surface area contributed by atoms with Gasteiger partial charge >= 0.3 is 6.03 Å². The molecule has 0 spiro atoms. The Morgan fingerprint density at radius 1 is 0.864 bits per heavy atom. The first kappa shape index (κ1) is 15.8. The van der Waals surface area contributed by atoms with E-state index in [1.54, 1.807) is 0 Å². The fraction of sp³-hybridized carbons (Fsp3) is 0.222. The van der Waals surface area contributed by atoms with Crippen molar-refractivity contribution in [2.45, 2.75) is 19.3 Å². The van der Waals surface area contributed by atoms with E-state index in [4.69, 9.17) is 5.73 Å². The minimum absolute atomic E-state index is 0.124. The summed E-state index contributed by atoms with van der Waals surface area (Å²) < 4.78 is 0. The first-order valence-corrected chi connectivity index (χ1v) is 7.39. The molecule has 2 amide bonds. The number of urea groups is 1. The lowest BCUT2D eigenvalue weighted by atomic mass is 10.0. The van der Waals surface area contributed by atoms with Gasteiger partial charge in [-0.15, -0.1) is 0 Å². The number of nitrogens with one attached hydrogen (secondary N) is 1. The zero-order valence-electron chi connectivity index (χ0n) is 12.4. The number of carbonyl (C=O) groups is 2. The van der Waals surface area contributed by atoms with Crippen molar-refractivity contribution in [3.8, 4) is 11.1 Å². The first-order chi connectivity index (χ1) is 10.7. The number of unbranched alkanes of at least 4 members (excludes halogenated alkanes) is 1. The molecule has 4 heteroatoms. The van der Waals surface area contributed by atoms with Gasteiger partial charge in [0.05, 0.1) is 0 Å². The zero-order valence-corrected chi connectivity index (χ0v) is 12.4. The minimum atomic E-state index is -0.525. The molecule has 0 aliphatic carbocycles. The number of amides is 2. The highest BCUT2D eigenvalue weighted by atomic mass is 16.2. The lowest BCUT2D eigenvalue weighted by Gasteiger charge is -2.05. The predicted octanol–water partition coefficient (Wildman–Crippen LogP) is 3.37. The van der Waals surface area contributed by atoms with Crippen molar-refractivity contribution in [3.63, 3.8) is 0 Å².